The van der Waals surface area contributed by atoms with Crippen molar-refractivity contribution in [2.75, 3.05) is 16.4 Å². The van der Waals surface area contributed by atoms with Crippen molar-refractivity contribution in [3.63, 3.8) is 0 Å². The number of nitrogens with one attached hydrogen (secondary N) is 2. The number of benzene rings is 1. The summed E-state index contributed by atoms with van der Waals surface area (Å²) in [6.45, 7) is 2.03. The molecule has 1 atom stereocenters. The van der Waals surface area contributed by atoms with Gasteiger partial charge in [0.05, 0.1) is 11.9 Å². The predicted octanol–water partition coefficient (Wildman–Crippen LogP) is 0.974. The summed E-state index contributed by atoms with van der Waals surface area (Å²) in [6.07, 6.45) is 1.62. The fraction of sp³-hybridized carbons (Fsp3) is 0.167. The van der Waals surface area contributed by atoms with Crippen LogP contribution >= 0.6 is 0 Å². The number of nitrogens with zero attached hydrogens (tertiary/aromatic N) is 2. The summed E-state index contributed by atoms with van der Waals surface area (Å²) in [4.78, 5) is 8.04. The molecule has 0 radical (unpaired) electrons. The number of rotatable bonds is 1. The van der Waals surface area contributed by atoms with E-state index in [0.717, 1.165) is 11.3 Å². The molecule has 2 heterocycles. The Balaban J connectivity index is 1.98. The first-order chi connectivity index (χ1) is 8.57. The number of aromatic nitrogens is 2. The Labute approximate surface area is 104 Å². The molecule has 6 heteroatoms. The molecular weight excluding hydrogens is 228 g/mol. The van der Waals surface area contributed by atoms with E-state index in [1.54, 1.807) is 6.20 Å². The lowest BCUT2D eigenvalue weighted by Gasteiger charge is -2.26. The van der Waals surface area contributed by atoms with E-state index in [1.807, 2.05) is 31.2 Å². The average Bonchev–Trinajstić information content (AvgIpc) is 2.66. The predicted molar refractivity (Wildman–Crippen MR) is 70.7 cm³/mol. The van der Waals surface area contributed by atoms with Gasteiger partial charge in [0.15, 0.2) is 11.6 Å². The van der Waals surface area contributed by atoms with Gasteiger partial charge in [-0.3, -0.25) is 5.73 Å². The van der Waals surface area contributed by atoms with Gasteiger partial charge in [-0.05, 0) is 6.92 Å². The third-order valence-electron chi connectivity index (χ3n) is 2.96. The van der Waals surface area contributed by atoms with Crippen LogP contribution in [0.2, 0.25) is 0 Å². The largest absolute Gasteiger partial charge is 0.368 e. The molecule has 3 rings (SSSR count). The van der Waals surface area contributed by atoms with Gasteiger partial charge >= 0.3 is 0 Å². The molecule has 0 saturated heterocycles. The molecule has 92 valence electrons. The van der Waals surface area contributed by atoms with E-state index in [1.165, 1.54) is 5.56 Å². The van der Waals surface area contributed by atoms with Crippen molar-refractivity contribution in [2.45, 2.75) is 12.7 Å². The number of nitrogens with two attached hydrogens (primary N) is 2. The van der Waals surface area contributed by atoms with Gasteiger partial charge in [-0.1, -0.05) is 29.8 Å². The lowest BCUT2D eigenvalue weighted by atomic mass is 10.1. The second kappa shape index (κ2) is 3.58. The molecular formula is C12H14N6. The van der Waals surface area contributed by atoms with Crippen LogP contribution in [0.5, 0.6) is 0 Å². The zero-order valence-corrected chi connectivity index (χ0v) is 9.94. The lowest BCUT2D eigenvalue weighted by molar-refractivity contribution is 0.610. The average molecular weight is 242 g/mol. The normalized spacial score (nSPS) is 21.0. The minimum absolute atomic E-state index is 0.219. The van der Waals surface area contributed by atoms with Crippen molar-refractivity contribution >= 4 is 17.5 Å². The van der Waals surface area contributed by atoms with Gasteiger partial charge in [-0.15, -0.1) is 0 Å². The van der Waals surface area contributed by atoms with Gasteiger partial charge in [0.25, 0.3) is 0 Å². The van der Waals surface area contributed by atoms with Gasteiger partial charge in [-0.25, -0.2) is 4.98 Å². The van der Waals surface area contributed by atoms with Crippen LogP contribution in [0.25, 0.3) is 0 Å². The highest BCUT2D eigenvalue weighted by Gasteiger charge is 2.35. The van der Waals surface area contributed by atoms with Crippen LogP contribution in [-0.2, 0) is 5.79 Å². The Hall–Kier alpha value is -2.34. The third-order valence-corrected chi connectivity index (χ3v) is 2.96. The summed E-state index contributed by atoms with van der Waals surface area (Å²) in [6, 6.07) is 7.96. The summed E-state index contributed by atoms with van der Waals surface area (Å²) >= 11 is 0. The molecule has 0 fully saturated rings. The zero-order valence-electron chi connectivity index (χ0n) is 9.94. The van der Waals surface area contributed by atoms with E-state index >= 15 is 0 Å². The fourth-order valence-corrected chi connectivity index (χ4v) is 1.97. The first kappa shape index (κ1) is 10.8. The molecule has 0 saturated carbocycles. The van der Waals surface area contributed by atoms with Crippen LogP contribution in [0.1, 0.15) is 11.1 Å². The second-order valence-corrected chi connectivity index (χ2v) is 4.41. The van der Waals surface area contributed by atoms with E-state index in [2.05, 4.69) is 20.6 Å². The Kier molecular flexibility index (Phi) is 2.14. The highest BCUT2D eigenvalue weighted by Crippen LogP contribution is 2.34. The van der Waals surface area contributed by atoms with Crippen LogP contribution in [0.15, 0.2) is 30.5 Å². The van der Waals surface area contributed by atoms with Crippen LogP contribution in [0.4, 0.5) is 17.5 Å². The van der Waals surface area contributed by atoms with Crippen molar-refractivity contribution in [1.82, 2.24) is 9.97 Å². The van der Waals surface area contributed by atoms with E-state index in [4.69, 9.17) is 11.5 Å². The van der Waals surface area contributed by atoms with Crippen molar-refractivity contribution in [2.24, 2.45) is 5.73 Å². The number of aryl methyl sites for hydroxylation is 1. The molecule has 0 bridgehead atoms. The maximum absolute atomic E-state index is 6.30. The van der Waals surface area contributed by atoms with Gasteiger partial charge in [0.2, 0.25) is 5.95 Å². The quantitative estimate of drug-likeness (QED) is 0.594. The van der Waals surface area contributed by atoms with Crippen LogP contribution in [0.3, 0.4) is 0 Å². The summed E-state index contributed by atoms with van der Waals surface area (Å²) in [5.74, 6) is -0.0415. The molecule has 1 aliphatic rings. The molecule has 18 heavy (non-hydrogen) atoms. The number of fused-ring (bicyclic) bond motifs is 1. The number of hydrogen-bond donors (Lipinski definition) is 4. The SMILES string of the molecule is Cc1ccc(C2(N)Nc3cnc(N)nc3N2)cc1. The van der Waals surface area contributed by atoms with Crippen LogP contribution < -0.4 is 22.1 Å². The highest BCUT2D eigenvalue weighted by molar-refractivity contribution is 5.73. The zero-order chi connectivity index (χ0) is 12.8. The van der Waals surface area contributed by atoms with E-state index in [0.29, 0.717) is 5.82 Å². The molecule has 1 aliphatic heterocycles. The molecule has 1 aromatic heterocycles. The first-order valence-electron chi connectivity index (χ1n) is 5.62. The number of anilines is 3. The monoisotopic (exact) mass is 242 g/mol. The van der Waals surface area contributed by atoms with E-state index in [-0.39, 0.29) is 5.95 Å². The van der Waals surface area contributed by atoms with Crippen molar-refractivity contribution in [3.8, 4) is 0 Å². The molecule has 0 amide bonds. The maximum atomic E-state index is 6.30. The first-order valence-corrected chi connectivity index (χ1v) is 5.62. The van der Waals surface area contributed by atoms with Gasteiger partial charge in [0, 0.05) is 5.56 Å². The molecule has 1 unspecified atom stereocenters. The molecule has 6 N–H and O–H groups in total. The smallest absolute Gasteiger partial charge is 0.222 e. The van der Waals surface area contributed by atoms with Crippen molar-refractivity contribution < 1.29 is 0 Å². The summed E-state index contributed by atoms with van der Waals surface area (Å²) in [5.41, 5.74) is 14.7. The van der Waals surface area contributed by atoms with Gasteiger partial charge < -0.3 is 16.4 Å². The third kappa shape index (κ3) is 1.63. The Morgan fingerprint density at radius 3 is 2.61 bits per heavy atom. The summed E-state index contributed by atoms with van der Waals surface area (Å²) in [7, 11) is 0. The lowest BCUT2D eigenvalue weighted by Crippen LogP contribution is -2.47. The molecule has 0 aliphatic carbocycles. The summed E-state index contributed by atoms with van der Waals surface area (Å²) < 4.78 is 0. The van der Waals surface area contributed by atoms with Crippen molar-refractivity contribution in [3.05, 3.63) is 41.6 Å². The van der Waals surface area contributed by atoms with Gasteiger partial charge in [0.1, 0.15) is 0 Å². The van der Waals surface area contributed by atoms with E-state index < -0.39 is 5.79 Å². The minimum Gasteiger partial charge on any atom is -0.368 e. The topological polar surface area (TPSA) is 102 Å². The Morgan fingerprint density at radius 2 is 1.89 bits per heavy atom. The molecule has 6 nitrogen and oxygen atoms in total. The van der Waals surface area contributed by atoms with E-state index in [9.17, 15) is 0 Å². The standard InChI is InChI=1S/C12H14N6/c1-7-2-4-8(5-3-7)12(14)17-9-6-15-11(13)16-10(9)18-12/h2-6,17H,14H2,1H3,(H3,13,15,16,18). The fourth-order valence-electron chi connectivity index (χ4n) is 1.97. The van der Waals surface area contributed by atoms with Gasteiger partial charge in [-0.2, -0.15) is 4.98 Å². The second-order valence-electron chi connectivity index (χ2n) is 4.41. The number of hydrogen-bond acceptors (Lipinski definition) is 6. The summed E-state index contributed by atoms with van der Waals surface area (Å²) in [5, 5.41) is 6.28. The maximum Gasteiger partial charge on any atom is 0.222 e. The van der Waals surface area contributed by atoms with Crippen LogP contribution in [0, 0.1) is 6.92 Å². The molecule has 2 aromatic rings. The van der Waals surface area contributed by atoms with Crippen molar-refractivity contribution in [1.29, 1.82) is 0 Å². The number of nitrogen functional groups attached to an aromatic ring is 1. The minimum atomic E-state index is -0.876. The highest BCUT2D eigenvalue weighted by atomic mass is 15.4. The molecule has 1 aromatic carbocycles. The Bertz CT molecular complexity index is 594. The Morgan fingerprint density at radius 1 is 1.17 bits per heavy atom. The van der Waals surface area contributed by atoms with Crippen LogP contribution in [-0.4, -0.2) is 9.97 Å². The molecule has 0 spiro atoms.